The summed E-state index contributed by atoms with van der Waals surface area (Å²) in [5.74, 6) is -0.0696. The SMILES string of the molecule is Cc1nc2cc(NC(=O)c3ccccc3C(=O)c3ccc(Cl)cc3)ccc2o1. The van der Waals surface area contributed by atoms with Crippen LogP contribution in [-0.4, -0.2) is 16.7 Å². The Bertz CT molecular complexity index is 1200. The zero-order valence-corrected chi connectivity index (χ0v) is 15.7. The molecule has 28 heavy (non-hydrogen) atoms. The molecule has 0 aliphatic rings. The van der Waals surface area contributed by atoms with Gasteiger partial charge in [0.2, 0.25) is 0 Å². The van der Waals surface area contributed by atoms with Gasteiger partial charge in [0, 0.05) is 28.8 Å². The van der Waals surface area contributed by atoms with Crippen LogP contribution in [-0.2, 0) is 0 Å². The van der Waals surface area contributed by atoms with Crippen LogP contribution in [0.15, 0.2) is 71.1 Å². The number of halogens is 1. The molecule has 0 spiro atoms. The van der Waals surface area contributed by atoms with E-state index in [4.69, 9.17) is 16.0 Å². The molecule has 4 rings (SSSR count). The van der Waals surface area contributed by atoms with Gasteiger partial charge in [-0.3, -0.25) is 9.59 Å². The Kier molecular flexibility index (Phi) is 4.67. The molecule has 5 nitrogen and oxygen atoms in total. The van der Waals surface area contributed by atoms with E-state index < -0.39 is 0 Å². The highest BCUT2D eigenvalue weighted by molar-refractivity contribution is 6.30. The minimum absolute atomic E-state index is 0.245. The maximum absolute atomic E-state index is 12.9. The van der Waals surface area contributed by atoms with E-state index >= 15 is 0 Å². The fraction of sp³-hybridized carbons (Fsp3) is 0.0455. The second-order valence-electron chi connectivity index (χ2n) is 6.25. The number of anilines is 1. The first-order chi connectivity index (χ1) is 13.5. The van der Waals surface area contributed by atoms with Crippen molar-refractivity contribution in [1.29, 1.82) is 0 Å². The van der Waals surface area contributed by atoms with E-state index in [1.807, 2.05) is 0 Å². The van der Waals surface area contributed by atoms with Gasteiger partial charge in [-0.2, -0.15) is 0 Å². The lowest BCUT2D eigenvalue weighted by molar-refractivity contribution is 0.0996. The maximum Gasteiger partial charge on any atom is 0.256 e. The molecule has 0 aliphatic carbocycles. The first-order valence-corrected chi connectivity index (χ1v) is 8.97. The molecule has 1 aromatic heterocycles. The summed E-state index contributed by atoms with van der Waals surface area (Å²) >= 11 is 5.89. The number of hydrogen-bond donors (Lipinski definition) is 1. The van der Waals surface area contributed by atoms with Crippen molar-refractivity contribution in [2.75, 3.05) is 5.32 Å². The van der Waals surface area contributed by atoms with Crippen molar-refractivity contribution >= 4 is 40.1 Å². The molecule has 0 unspecified atom stereocenters. The molecule has 0 radical (unpaired) electrons. The Morgan fingerprint density at radius 3 is 2.43 bits per heavy atom. The number of fused-ring (bicyclic) bond motifs is 1. The Labute approximate surface area is 166 Å². The van der Waals surface area contributed by atoms with Crippen LogP contribution in [0.25, 0.3) is 11.1 Å². The van der Waals surface area contributed by atoms with Crippen molar-refractivity contribution in [3.05, 3.63) is 94.3 Å². The molecule has 0 bridgehead atoms. The maximum atomic E-state index is 12.9. The Balaban J connectivity index is 1.63. The summed E-state index contributed by atoms with van der Waals surface area (Å²) in [7, 11) is 0. The summed E-state index contributed by atoms with van der Waals surface area (Å²) in [5.41, 5.74) is 2.94. The number of ketones is 1. The summed E-state index contributed by atoms with van der Waals surface area (Å²) in [4.78, 5) is 30.0. The number of aromatic nitrogens is 1. The fourth-order valence-electron chi connectivity index (χ4n) is 2.95. The zero-order chi connectivity index (χ0) is 19.7. The van der Waals surface area contributed by atoms with E-state index in [2.05, 4.69) is 10.3 Å². The largest absolute Gasteiger partial charge is 0.441 e. The Hall–Kier alpha value is -3.44. The number of carbonyl (C=O) groups is 2. The highest BCUT2D eigenvalue weighted by atomic mass is 35.5. The van der Waals surface area contributed by atoms with Crippen LogP contribution in [0.2, 0.25) is 5.02 Å². The Morgan fingerprint density at radius 1 is 0.964 bits per heavy atom. The third-order valence-corrected chi connectivity index (χ3v) is 4.53. The molecule has 0 fully saturated rings. The van der Waals surface area contributed by atoms with Gasteiger partial charge in [-0.25, -0.2) is 4.98 Å². The number of rotatable bonds is 4. The van der Waals surface area contributed by atoms with Gasteiger partial charge in [-0.15, -0.1) is 0 Å². The summed E-state index contributed by atoms with van der Waals surface area (Å²) < 4.78 is 5.44. The highest BCUT2D eigenvalue weighted by Crippen LogP contribution is 2.22. The first-order valence-electron chi connectivity index (χ1n) is 8.59. The molecule has 3 aromatic carbocycles. The molecule has 0 saturated heterocycles. The third-order valence-electron chi connectivity index (χ3n) is 4.28. The fourth-order valence-corrected chi connectivity index (χ4v) is 3.08. The van der Waals surface area contributed by atoms with Crippen molar-refractivity contribution in [3.63, 3.8) is 0 Å². The molecule has 1 amide bonds. The van der Waals surface area contributed by atoms with Gasteiger partial charge in [0.25, 0.3) is 5.91 Å². The minimum atomic E-state index is -0.377. The number of nitrogens with zero attached hydrogens (tertiary/aromatic N) is 1. The molecular weight excluding hydrogens is 376 g/mol. The molecule has 0 saturated carbocycles. The van der Waals surface area contributed by atoms with Gasteiger partial charge in [0.05, 0.1) is 5.56 Å². The number of nitrogens with one attached hydrogen (secondary N) is 1. The molecule has 4 aromatic rings. The van der Waals surface area contributed by atoms with Crippen LogP contribution in [0.3, 0.4) is 0 Å². The third kappa shape index (κ3) is 3.52. The van der Waals surface area contributed by atoms with E-state index in [1.165, 1.54) is 0 Å². The number of carbonyl (C=O) groups excluding carboxylic acids is 2. The monoisotopic (exact) mass is 390 g/mol. The van der Waals surface area contributed by atoms with Gasteiger partial charge in [0.1, 0.15) is 5.52 Å². The lowest BCUT2D eigenvalue weighted by Gasteiger charge is -2.10. The van der Waals surface area contributed by atoms with Crippen LogP contribution in [0.4, 0.5) is 5.69 Å². The van der Waals surface area contributed by atoms with E-state index in [-0.39, 0.29) is 11.7 Å². The predicted octanol–water partition coefficient (Wildman–Crippen LogP) is 5.27. The Morgan fingerprint density at radius 2 is 1.68 bits per heavy atom. The summed E-state index contributed by atoms with van der Waals surface area (Å²) in [6, 6.07) is 18.5. The van der Waals surface area contributed by atoms with Crippen LogP contribution < -0.4 is 5.32 Å². The van der Waals surface area contributed by atoms with Crippen LogP contribution >= 0.6 is 11.6 Å². The van der Waals surface area contributed by atoms with Gasteiger partial charge in [-0.1, -0.05) is 29.8 Å². The summed E-state index contributed by atoms with van der Waals surface area (Å²) in [5, 5.41) is 3.36. The molecule has 0 aliphatic heterocycles. The van der Waals surface area contributed by atoms with Gasteiger partial charge in [0.15, 0.2) is 17.3 Å². The van der Waals surface area contributed by atoms with Gasteiger partial charge >= 0.3 is 0 Å². The smallest absolute Gasteiger partial charge is 0.256 e. The summed E-state index contributed by atoms with van der Waals surface area (Å²) in [6.45, 7) is 1.76. The van der Waals surface area contributed by atoms with Gasteiger partial charge in [-0.05, 0) is 48.5 Å². The number of benzene rings is 3. The molecule has 1 heterocycles. The average molecular weight is 391 g/mol. The van der Waals surface area contributed by atoms with Crippen molar-refractivity contribution in [1.82, 2.24) is 4.98 Å². The highest BCUT2D eigenvalue weighted by Gasteiger charge is 2.18. The van der Waals surface area contributed by atoms with Crippen molar-refractivity contribution in [2.45, 2.75) is 6.92 Å². The topological polar surface area (TPSA) is 72.2 Å². The number of amides is 1. The number of hydrogen-bond acceptors (Lipinski definition) is 4. The number of aryl methyl sites for hydroxylation is 1. The van der Waals surface area contributed by atoms with E-state index in [1.54, 1.807) is 73.7 Å². The quantitative estimate of drug-likeness (QED) is 0.481. The first kappa shape index (κ1) is 17.9. The standard InChI is InChI=1S/C22H15ClN2O3/c1-13-24-19-12-16(10-11-20(19)28-13)25-22(27)18-5-3-2-4-17(18)21(26)14-6-8-15(23)9-7-14/h2-12H,1H3,(H,25,27). The second kappa shape index (κ2) is 7.29. The summed E-state index contributed by atoms with van der Waals surface area (Å²) in [6.07, 6.45) is 0. The van der Waals surface area contributed by atoms with E-state index in [0.717, 1.165) is 0 Å². The molecule has 6 heteroatoms. The average Bonchev–Trinajstić information content (AvgIpc) is 3.07. The van der Waals surface area contributed by atoms with E-state index in [0.29, 0.717) is 44.4 Å². The zero-order valence-electron chi connectivity index (χ0n) is 14.9. The van der Waals surface area contributed by atoms with Crippen molar-refractivity contribution in [3.8, 4) is 0 Å². The van der Waals surface area contributed by atoms with Crippen LogP contribution in [0.1, 0.15) is 32.2 Å². The van der Waals surface area contributed by atoms with Gasteiger partial charge < -0.3 is 9.73 Å². The molecule has 1 N–H and O–H groups in total. The lowest BCUT2D eigenvalue weighted by Crippen LogP contribution is -2.17. The number of oxazole rings is 1. The molecular formula is C22H15ClN2O3. The molecule has 138 valence electrons. The lowest BCUT2D eigenvalue weighted by atomic mass is 9.98. The van der Waals surface area contributed by atoms with Crippen LogP contribution in [0, 0.1) is 6.92 Å². The normalized spacial score (nSPS) is 10.8. The van der Waals surface area contributed by atoms with Crippen molar-refractivity contribution < 1.29 is 14.0 Å². The van der Waals surface area contributed by atoms with Crippen LogP contribution in [0.5, 0.6) is 0 Å². The minimum Gasteiger partial charge on any atom is -0.441 e. The van der Waals surface area contributed by atoms with E-state index in [9.17, 15) is 9.59 Å². The molecule has 0 atom stereocenters. The second-order valence-corrected chi connectivity index (χ2v) is 6.69. The predicted molar refractivity (Wildman–Crippen MR) is 108 cm³/mol. The van der Waals surface area contributed by atoms with Crippen molar-refractivity contribution in [2.24, 2.45) is 0 Å².